The van der Waals surface area contributed by atoms with Crippen molar-refractivity contribution < 1.29 is 15.3 Å². The first-order valence-electron chi connectivity index (χ1n) is 22.0. The van der Waals surface area contributed by atoms with Gasteiger partial charge in [0.25, 0.3) is 0 Å². The van der Waals surface area contributed by atoms with Crippen molar-refractivity contribution in [3.05, 3.63) is 147 Å². The fraction of sp³-hybridized carbons (Fsp3) is 0.294. The van der Waals surface area contributed by atoms with Crippen molar-refractivity contribution in [3.63, 3.8) is 0 Å². The van der Waals surface area contributed by atoms with Crippen LogP contribution in [0.15, 0.2) is 104 Å². The number of piperidine rings is 3. The van der Waals surface area contributed by atoms with E-state index >= 15 is 0 Å². The molecule has 3 aliphatic rings. The molecule has 0 amide bonds. The van der Waals surface area contributed by atoms with Crippen LogP contribution < -0.4 is 26.2 Å². The zero-order chi connectivity index (χ0) is 47.0. The first kappa shape index (κ1) is 48.0. The molecule has 342 valence electrons. The maximum atomic E-state index is 9.65. The lowest BCUT2D eigenvalue weighted by Gasteiger charge is -2.31. The largest absolute Gasteiger partial charge is 0.393 e. The van der Waals surface area contributed by atoms with Gasteiger partial charge in [-0.05, 0) is 99.2 Å². The number of hydrogen-bond acceptors (Lipinski definition) is 14. The third-order valence-corrected chi connectivity index (χ3v) is 11.5. The van der Waals surface area contributed by atoms with Gasteiger partial charge in [-0.2, -0.15) is 9.97 Å². The molecule has 0 saturated carbocycles. The molecule has 67 heavy (non-hydrogen) atoms. The van der Waals surface area contributed by atoms with Gasteiger partial charge in [0.1, 0.15) is 23.8 Å². The van der Waals surface area contributed by atoms with Gasteiger partial charge < -0.3 is 41.5 Å². The van der Waals surface area contributed by atoms with Crippen molar-refractivity contribution >= 4 is 52.6 Å². The smallest absolute Gasteiger partial charge is 0.222 e. The molecule has 0 bridgehead atoms. The maximum Gasteiger partial charge on any atom is 0.222 e. The second-order valence-electron chi connectivity index (χ2n) is 16.0. The van der Waals surface area contributed by atoms with Crippen LogP contribution in [0.3, 0.4) is 0 Å². The molecule has 6 aromatic rings. The highest BCUT2D eigenvalue weighted by molar-refractivity contribution is 6.30. The number of aliphatic hydroxyl groups is 3. The van der Waals surface area contributed by atoms with Crippen LogP contribution in [0, 0.1) is 35.5 Å². The predicted octanol–water partition coefficient (Wildman–Crippen LogP) is 5.98. The Hall–Kier alpha value is -6.96. The standard InChI is InChI=1S/C17H17ClN4O.C17H16ClN3O.C17H18N4O/c18-14-5-2-12(3-6-14)1-4-13-11-20-17(19)21-16(13)22-9-7-15(23)8-10-22;18-15-5-2-13(3-6-15)1-4-14-11-19-12-20-17(14)21-9-7-16(22)8-10-21;18-17-19-12-14(7-6-13-4-2-1-3-5-13)16(20-17)21-10-8-15(22)9-11-21/h2-3,5-6,11,15,23H,7-10H2,(H2,19,20,21);2-3,5-6,11-12,16,22H,7-10H2;1-5,12,15,22H,8-11H2,(H2,18,19,20). The minimum atomic E-state index is -0.242. The molecule has 0 atom stereocenters. The monoisotopic (exact) mass is 935 g/mol. The summed E-state index contributed by atoms with van der Waals surface area (Å²) in [5.74, 6) is 21.5. The summed E-state index contributed by atoms with van der Waals surface area (Å²) in [6.45, 7) is 4.53. The predicted molar refractivity (Wildman–Crippen MR) is 265 cm³/mol. The summed E-state index contributed by atoms with van der Waals surface area (Å²) in [6, 6.07) is 24.5. The molecule has 0 spiro atoms. The summed E-state index contributed by atoms with van der Waals surface area (Å²) in [6.07, 6.45) is 10.3. The second kappa shape index (κ2) is 24.0. The molecule has 7 N–H and O–H groups in total. The molecule has 6 heterocycles. The average molecular weight is 937 g/mol. The Bertz CT molecular complexity index is 2740. The highest BCUT2D eigenvalue weighted by atomic mass is 35.5. The molecule has 3 aliphatic heterocycles. The van der Waals surface area contributed by atoms with Gasteiger partial charge in [-0.1, -0.05) is 76.9 Å². The number of rotatable bonds is 3. The minimum absolute atomic E-state index is 0.207. The van der Waals surface area contributed by atoms with Crippen molar-refractivity contribution in [2.75, 3.05) is 65.4 Å². The van der Waals surface area contributed by atoms with Crippen LogP contribution in [0.5, 0.6) is 0 Å². The Morgan fingerprint density at radius 1 is 0.448 bits per heavy atom. The number of anilines is 5. The van der Waals surface area contributed by atoms with Gasteiger partial charge >= 0.3 is 0 Å². The van der Waals surface area contributed by atoms with Gasteiger partial charge in [0.2, 0.25) is 11.9 Å². The number of halogens is 2. The van der Waals surface area contributed by atoms with Gasteiger partial charge in [-0.3, -0.25) is 0 Å². The Labute approximate surface area is 401 Å². The van der Waals surface area contributed by atoms with Crippen molar-refractivity contribution in [3.8, 4) is 35.5 Å². The first-order chi connectivity index (χ1) is 32.6. The van der Waals surface area contributed by atoms with E-state index in [1.165, 1.54) is 6.33 Å². The number of nitrogen functional groups attached to an aromatic ring is 2. The van der Waals surface area contributed by atoms with Gasteiger partial charge in [0.05, 0.1) is 47.4 Å². The zero-order valence-electron chi connectivity index (χ0n) is 36.8. The summed E-state index contributed by atoms with van der Waals surface area (Å²) in [5.41, 5.74) is 16.4. The van der Waals surface area contributed by atoms with E-state index in [2.05, 4.69) is 80.1 Å². The van der Waals surface area contributed by atoms with E-state index in [0.717, 1.165) is 116 Å². The molecule has 0 radical (unpaired) electrons. The molecule has 16 heteroatoms. The van der Waals surface area contributed by atoms with E-state index in [0.29, 0.717) is 22.9 Å². The number of aromatic nitrogens is 6. The third kappa shape index (κ3) is 14.5. The number of nitrogens with two attached hydrogens (primary N) is 2. The number of hydrogen-bond donors (Lipinski definition) is 5. The Balaban J connectivity index is 0.000000149. The van der Waals surface area contributed by atoms with E-state index in [9.17, 15) is 15.3 Å². The van der Waals surface area contributed by atoms with Crippen molar-refractivity contribution in [1.82, 2.24) is 29.9 Å². The van der Waals surface area contributed by atoms with Crippen LogP contribution in [0.4, 0.5) is 29.4 Å². The molecule has 3 aromatic heterocycles. The van der Waals surface area contributed by atoms with Crippen LogP contribution >= 0.6 is 23.2 Å². The van der Waals surface area contributed by atoms with Gasteiger partial charge in [0.15, 0.2) is 0 Å². The van der Waals surface area contributed by atoms with Crippen LogP contribution in [-0.2, 0) is 0 Å². The SMILES string of the molecule is Nc1ncc(C#Cc2ccc(Cl)cc2)c(N2CCC(O)CC2)n1.Nc1ncc(C#Cc2ccccc2)c(N2CCC(O)CC2)n1.OC1CCN(c2ncncc2C#Cc2ccc(Cl)cc2)CC1. The highest BCUT2D eigenvalue weighted by Gasteiger charge is 2.23. The highest BCUT2D eigenvalue weighted by Crippen LogP contribution is 2.25. The molecule has 0 unspecified atom stereocenters. The van der Waals surface area contributed by atoms with E-state index in [1.54, 1.807) is 30.7 Å². The number of benzene rings is 3. The van der Waals surface area contributed by atoms with E-state index in [1.807, 2.05) is 66.7 Å². The lowest BCUT2D eigenvalue weighted by Crippen LogP contribution is -2.37. The molecule has 3 fully saturated rings. The van der Waals surface area contributed by atoms with Crippen LogP contribution in [0.2, 0.25) is 10.0 Å². The van der Waals surface area contributed by atoms with Gasteiger partial charge in [0, 0.05) is 72.2 Å². The molecular weight excluding hydrogens is 886 g/mol. The van der Waals surface area contributed by atoms with E-state index in [-0.39, 0.29) is 30.2 Å². The summed E-state index contributed by atoms with van der Waals surface area (Å²) in [4.78, 5) is 31.6. The summed E-state index contributed by atoms with van der Waals surface area (Å²) in [5, 5.41) is 30.3. The number of aliphatic hydroxyl groups excluding tert-OH is 3. The molecule has 14 nitrogen and oxygen atoms in total. The van der Waals surface area contributed by atoms with Gasteiger partial charge in [-0.25, -0.2) is 19.9 Å². The normalized spacial score (nSPS) is 15.2. The zero-order valence-corrected chi connectivity index (χ0v) is 38.3. The number of nitrogens with zero attached hydrogens (tertiary/aromatic N) is 9. The fourth-order valence-corrected chi connectivity index (χ4v) is 7.59. The Morgan fingerprint density at radius 3 is 1.21 bits per heavy atom. The topological polar surface area (TPSA) is 200 Å². The summed E-state index contributed by atoms with van der Waals surface area (Å²) < 4.78 is 0. The van der Waals surface area contributed by atoms with E-state index < -0.39 is 0 Å². The minimum Gasteiger partial charge on any atom is -0.393 e. The third-order valence-electron chi connectivity index (χ3n) is 11.0. The van der Waals surface area contributed by atoms with Gasteiger partial charge in [-0.15, -0.1) is 0 Å². The molecular formula is C51H51Cl2N11O3. The molecule has 3 saturated heterocycles. The first-order valence-corrected chi connectivity index (χ1v) is 22.8. The van der Waals surface area contributed by atoms with Crippen molar-refractivity contribution in [1.29, 1.82) is 0 Å². The lowest BCUT2D eigenvalue weighted by atomic mass is 10.1. The lowest BCUT2D eigenvalue weighted by molar-refractivity contribution is 0.145. The van der Waals surface area contributed by atoms with Crippen LogP contribution in [0.25, 0.3) is 0 Å². The molecule has 0 aliphatic carbocycles. The Morgan fingerprint density at radius 2 is 0.806 bits per heavy atom. The molecule has 9 rings (SSSR count). The fourth-order valence-electron chi connectivity index (χ4n) is 7.33. The maximum absolute atomic E-state index is 9.65. The summed E-state index contributed by atoms with van der Waals surface area (Å²) >= 11 is 11.7. The quantitative estimate of drug-likeness (QED) is 0.130. The summed E-state index contributed by atoms with van der Waals surface area (Å²) in [7, 11) is 0. The average Bonchev–Trinajstić information content (AvgIpc) is 3.35. The second-order valence-corrected chi connectivity index (χ2v) is 16.8. The van der Waals surface area contributed by atoms with Crippen LogP contribution in [0.1, 0.15) is 71.9 Å². The molecule has 3 aromatic carbocycles. The van der Waals surface area contributed by atoms with Crippen molar-refractivity contribution in [2.24, 2.45) is 0 Å². The van der Waals surface area contributed by atoms with E-state index in [4.69, 9.17) is 34.7 Å². The Kier molecular flexibility index (Phi) is 17.2. The van der Waals surface area contributed by atoms with Crippen molar-refractivity contribution in [2.45, 2.75) is 56.8 Å². The van der Waals surface area contributed by atoms with Crippen LogP contribution in [-0.4, -0.2) is 103 Å².